The molecule has 0 fully saturated rings. The molecule has 0 aromatic heterocycles. The van der Waals surface area contributed by atoms with E-state index in [0.717, 1.165) is 0 Å². The molecular formula is C7H14O6. The zero-order chi connectivity index (χ0) is 10.7. The van der Waals surface area contributed by atoms with Crippen LogP contribution in [0.5, 0.6) is 0 Å². The smallest absolute Gasteiger partial charge is 0.450 e. The molecule has 0 bridgehead atoms. The van der Waals surface area contributed by atoms with Crippen LogP contribution in [-0.2, 0) is 4.74 Å². The Morgan fingerprint density at radius 3 is 2.00 bits per heavy atom. The van der Waals surface area contributed by atoms with E-state index in [4.69, 9.17) is 20.4 Å². The van der Waals surface area contributed by atoms with Crippen LogP contribution in [0.3, 0.4) is 0 Å². The first-order chi connectivity index (χ1) is 6.08. The molecule has 78 valence electrons. The van der Waals surface area contributed by atoms with E-state index in [2.05, 4.69) is 11.3 Å². The minimum atomic E-state index is -1.26. The minimum Gasteiger partial charge on any atom is -0.450 e. The third-order valence-corrected chi connectivity index (χ3v) is 0.746. The quantitative estimate of drug-likeness (QED) is 0.344. The highest BCUT2D eigenvalue weighted by Crippen LogP contribution is 1.73. The second-order valence-electron chi connectivity index (χ2n) is 1.88. The van der Waals surface area contributed by atoms with Crippen molar-refractivity contribution in [2.75, 3.05) is 19.8 Å². The van der Waals surface area contributed by atoms with Gasteiger partial charge in [-0.15, -0.1) is 0 Å². The Bertz CT molecular complexity index is 131. The lowest BCUT2D eigenvalue weighted by atomic mass is 10.4. The van der Waals surface area contributed by atoms with Crippen molar-refractivity contribution in [3.05, 3.63) is 12.7 Å². The molecule has 0 rings (SSSR count). The van der Waals surface area contributed by atoms with Gasteiger partial charge in [-0.3, -0.25) is 0 Å². The molecule has 0 aliphatic rings. The van der Waals surface area contributed by atoms with Crippen molar-refractivity contribution < 1.29 is 30.0 Å². The maximum absolute atomic E-state index is 9.49. The SMILES string of the molecule is C=CCOC(=O)O.OCC(O)CO. The van der Waals surface area contributed by atoms with E-state index in [0.29, 0.717) is 0 Å². The highest BCUT2D eigenvalue weighted by molar-refractivity contribution is 5.56. The van der Waals surface area contributed by atoms with E-state index in [1.54, 1.807) is 0 Å². The van der Waals surface area contributed by atoms with Gasteiger partial charge in [0.05, 0.1) is 13.2 Å². The third kappa shape index (κ3) is 18.1. The van der Waals surface area contributed by atoms with Gasteiger partial charge in [-0.25, -0.2) is 4.79 Å². The molecule has 0 amide bonds. The molecule has 0 saturated carbocycles. The normalized spacial score (nSPS) is 8.62. The summed E-state index contributed by atoms with van der Waals surface area (Å²) in [6.07, 6.45) is -0.849. The molecule has 0 aromatic carbocycles. The second-order valence-corrected chi connectivity index (χ2v) is 1.88. The molecule has 0 aliphatic carbocycles. The Balaban J connectivity index is 0. The summed E-state index contributed by atoms with van der Waals surface area (Å²) in [5.41, 5.74) is 0. The first kappa shape index (κ1) is 14.4. The number of hydrogen-bond acceptors (Lipinski definition) is 5. The van der Waals surface area contributed by atoms with Crippen molar-refractivity contribution in [3.63, 3.8) is 0 Å². The number of aliphatic hydroxyl groups is 3. The van der Waals surface area contributed by atoms with Crippen LogP contribution in [-0.4, -0.2) is 52.5 Å². The Morgan fingerprint density at radius 2 is 1.92 bits per heavy atom. The fourth-order valence-corrected chi connectivity index (χ4v) is 0.188. The van der Waals surface area contributed by atoms with Crippen LogP contribution in [0.1, 0.15) is 0 Å². The standard InChI is InChI=1S/C4H6O3.C3H8O3/c1-2-3-7-4(5)6;4-1-3(6)2-5/h2H,1,3H2,(H,5,6);3-6H,1-2H2. The summed E-state index contributed by atoms with van der Waals surface area (Å²) >= 11 is 0. The van der Waals surface area contributed by atoms with Crippen molar-refractivity contribution in [2.45, 2.75) is 6.10 Å². The van der Waals surface area contributed by atoms with Gasteiger partial charge in [0.15, 0.2) is 0 Å². The Labute approximate surface area is 75.7 Å². The van der Waals surface area contributed by atoms with Gasteiger partial charge in [-0.1, -0.05) is 12.7 Å². The molecule has 6 nitrogen and oxygen atoms in total. The molecular weight excluding hydrogens is 180 g/mol. The molecule has 13 heavy (non-hydrogen) atoms. The Morgan fingerprint density at radius 1 is 1.46 bits per heavy atom. The van der Waals surface area contributed by atoms with Gasteiger partial charge in [0.1, 0.15) is 12.7 Å². The van der Waals surface area contributed by atoms with Gasteiger partial charge in [0, 0.05) is 0 Å². The zero-order valence-electron chi connectivity index (χ0n) is 7.09. The Hall–Kier alpha value is -1.11. The molecule has 0 aliphatic heterocycles. The predicted octanol–water partition coefficient (Wildman–Crippen LogP) is -0.801. The predicted molar refractivity (Wildman–Crippen MR) is 44.4 cm³/mol. The number of aliphatic hydroxyl groups excluding tert-OH is 3. The molecule has 0 spiro atoms. The summed E-state index contributed by atoms with van der Waals surface area (Å²) in [4.78, 5) is 9.49. The average Bonchev–Trinajstić information content (AvgIpc) is 2.14. The molecule has 0 atom stereocenters. The summed E-state index contributed by atoms with van der Waals surface area (Å²) < 4.78 is 3.99. The zero-order valence-corrected chi connectivity index (χ0v) is 7.09. The lowest BCUT2D eigenvalue weighted by molar-refractivity contribution is 0.0450. The van der Waals surface area contributed by atoms with E-state index in [1.807, 2.05) is 0 Å². The largest absolute Gasteiger partial charge is 0.506 e. The van der Waals surface area contributed by atoms with E-state index in [-0.39, 0.29) is 19.8 Å². The maximum Gasteiger partial charge on any atom is 0.506 e. The van der Waals surface area contributed by atoms with E-state index >= 15 is 0 Å². The van der Waals surface area contributed by atoms with Gasteiger partial charge in [-0.2, -0.15) is 0 Å². The molecule has 6 heteroatoms. The van der Waals surface area contributed by atoms with E-state index in [9.17, 15) is 4.79 Å². The van der Waals surface area contributed by atoms with Gasteiger partial charge >= 0.3 is 6.16 Å². The maximum atomic E-state index is 9.49. The minimum absolute atomic E-state index is 0.0648. The van der Waals surface area contributed by atoms with Crippen molar-refractivity contribution in [3.8, 4) is 0 Å². The summed E-state index contributed by atoms with van der Waals surface area (Å²) in [6.45, 7) is 2.58. The highest BCUT2D eigenvalue weighted by Gasteiger charge is 1.93. The lowest BCUT2D eigenvalue weighted by Gasteiger charge is -1.96. The molecule has 0 unspecified atom stereocenters. The fourth-order valence-electron chi connectivity index (χ4n) is 0.188. The number of rotatable bonds is 4. The summed E-state index contributed by atoms with van der Waals surface area (Å²) in [5.74, 6) is 0. The third-order valence-electron chi connectivity index (χ3n) is 0.746. The molecule has 0 heterocycles. The van der Waals surface area contributed by atoms with Crippen molar-refractivity contribution >= 4 is 6.16 Å². The average molecular weight is 194 g/mol. The Kier molecular flexibility index (Phi) is 12.1. The fraction of sp³-hybridized carbons (Fsp3) is 0.571. The number of carbonyl (C=O) groups is 1. The topological polar surface area (TPSA) is 107 Å². The lowest BCUT2D eigenvalue weighted by Crippen LogP contribution is -2.15. The molecule has 4 N–H and O–H groups in total. The van der Waals surface area contributed by atoms with Crippen LogP contribution >= 0.6 is 0 Å². The van der Waals surface area contributed by atoms with Crippen molar-refractivity contribution in [1.82, 2.24) is 0 Å². The number of ether oxygens (including phenoxy) is 1. The summed E-state index contributed by atoms with van der Waals surface area (Å²) in [7, 11) is 0. The van der Waals surface area contributed by atoms with Crippen LogP contribution in [0.15, 0.2) is 12.7 Å². The first-order valence-electron chi connectivity index (χ1n) is 3.44. The highest BCUT2D eigenvalue weighted by atomic mass is 16.7. The van der Waals surface area contributed by atoms with E-state index < -0.39 is 12.3 Å². The van der Waals surface area contributed by atoms with Crippen LogP contribution in [0, 0.1) is 0 Å². The van der Waals surface area contributed by atoms with Gasteiger partial charge < -0.3 is 25.2 Å². The van der Waals surface area contributed by atoms with Gasteiger partial charge in [0.2, 0.25) is 0 Å². The monoisotopic (exact) mass is 194 g/mol. The second kappa shape index (κ2) is 10.9. The summed E-state index contributed by atoms with van der Waals surface area (Å²) in [6, 6.07) is 0. The first-order valence-corrected chi connectivity index (χ1v) is 3.44. The van der Waals surface area contributed by atoms with Crippen LogP contribution in [0.25, 0.3) is 0 Å². The molecule has 0 aromatic rings. The van der Waals surface area contributed by atoms with Crippen LogP contribution in [0.2, 0.25) is 0 Å². The van der Waals surface area contributed by atoms with E-state index in [1.165, 1.54) is 6.08 Å². The molecule has 0 radical (unpaired) electrons. The van der Waals surface area contributed by atoms with Crippen LogP contribution < -0.4 is 0 Å². The number of hydrogen-bond donors (Lipinski definition) is 4. The van der Waals surface area contributed by atoms with Crippen molar-refractivity contribution in [2.24, 2.45) is 0 Å². The van der Waals surface area contributed by atoms with Gasteiger partial charge in [-0.05, 0) is 0 Å². The van der Waals surface area contributed by atoms with Crippen LogP contribution in [0.4, 0.5) is 4.79 Å². The van der Waals surface area contributed by atoms with Crippen molar-refractivity contribution in [1.29, 1.82) is 0 Å². The summed E-state index contributed by atoms with van der Waals surface area (Å²) in [5, 5.41) is 31.8. The number of carboxylic acid groups (broad SMARTS) is 1. The molecule has 0 saturated heterocycles. The van der Waals surface area contributed by atoms with Gasteiger partial charge in [0.25, 0.3) is 0 Å².